The van der Waals surface area contributed by atoms with Gasteiger partial charge in [0.15, 0.2) is 6.29 Å². The maximum Gasteiger partial charge on any atom is 0.176 e. The first kappa shape index (κ1) is 9.84. The second-order valence-electron chi connectivity index (χ2n) is 2.02. The number of hydrogen-bond donors (Lipinski definition) is 2. The highest BCUT2D eigenvalue weighted by Gasteiger charge is 2.02. The Balaban J connectivity index is 3.16. The predicted molar refractivity (Wildman–Crippen MR) is 39.0 cm³/mol. The highest BCUT2D eigenvalue weighted by molar-refractivity contribution is 4.34. The Morgan fingerprint density at radius 1 is 1.50 bits per heavy atom. The molecule has 0 rings (SSSR count). The Labute approximate surface area is 61.6 Å². The molecule has 4 nitrogen and oxygen atoms in total. The lowest BCUT2D eigenvalue weighted by Crippen LogP contribution is -2.30. The first-order chi connectivity index (χ1) is 4.66. The van der Waals surface area contributed by atoms with Gasteiger partial charge in [-0.15, -0.1) is 0 Å². The van der Waals surface area contributed by atoms with Gasteiger partial charge in [-0.25, -0.2) is 0 Å². The third kappa shape index (κ3) is 5.97. The second-order valence-corrected chi connectivity index (χ2v) is 2.02. The van der Waals surface area contributed by atoms with Crippen LogP contribution in [-0.2, 0) is 9.57 Å². The molecule has 2 unspecified atom stereocenters. The van der Waals surface area contributed by atoms with E-state index in [9.17, 15) is 0 Å². The van der Waals surface area contributed by atoms with Crippen molar-refractivity contribution in [2.45, 2.75) is 33.3 Å². The molecule has 0 aromatic rings. The van der Waals surface area contributed by atoms with Crippen LogP contribution < -0.4 is 11.2 Å². The first-order valence-electron chi connectivity index (χ1n) is 3.46. The minimum absolute atomic E-state index is 0.284. The standard InChI is InChI=1S/C6H16N2O2/c1-4-8-10-6(3)9-5(2)7/h5-6,8H,4,7H2,1-3H3. The van der Waals surface area contributed by atoms with Crippen molar-refractivity contribution < 1.29 is 9.57 Å². The number of hydrogen-bond acceptors (Lipinski definition) is 4. The number of nitrogens with two attached hydrogens (primary N) is 1. The molecule has 0 aliphatic heterocycles. The summed E-state index contributed by atoms with van der Waals surface area (Å²) in [6.45, 7) is 6.24. The SMILES string of the molecule is CCNOC(C)OC(C)N. The largest absolute Gasteiger partial charge is 0.334 e. The van der Waals surface area contributed by atoms with Crippen LogP contribution in [0.5, 0.6) is 0 Å². The molecule has 0 bridgehead atoms. The van der Waals surface area contributed by atoms with Gasteiger partial charge in [0, 0.05) is 6.54 Å². The summed E-state index contributed by atoms with van der Waals surface area (Å²) in [5.74, 6) is 0. The summed E-state index contributed by atoms with van der Waals surface area (Å²) in [7, 11) is 0. The minimum Gasteiger partial charge on any atom is -0.334 e. The highest BCUT2D eigenvalue weighted by atomic mass is 16.8. The average molecular weight is 148 g/mol. The fraction of sp³-hybridized carbons (Fsp3) is 1.00. The van der Waals surface area contributed by atoms with E-state index in [2.05, 4.69) is 5.48 Å². The van der Waals surface area contributed by atoms with E-state index in [1.807, 2.05) is 6.92 Å². The monoisotopic (exact) mass is 148 g/mol. The fourth-order valence-corrected chi connectivity index (χ4v) is 0.531. The zero-order chi connectivity index (χ0) is 7.98. The van der Waals surface area contributed by atoms with Gasteiger partial charge in [0.1, 0.15) is 6.23 Å². The normalized spacial score (nSPS) is 16.8. The molecule has 62 valence electrons. The van der Waals surface area contributed by atoms with Gasteiger partial charge in [-0.2, -0.15) is 5.48 Å². The van der Waals surface area contributed by atoms with Crippen LogP contribution in [0, 0.1) is 0 Å². The van der Waals surface area contributed by atoms with Crippen molar-refractivity contribution in [3.63, 3.8) is 0 Å². The Hall–Kier alpha value is -0.160. The molecule has 0 amide bonds. The maximum atomic E-state index is 5.34. The number of nitrogens with one attached hydrogen (secondary N) is 1. The van der Waals surface area contributed by atoms with Crippen molar-refractivity contribution in [2.24, 2.45) is 5.73 Å². The van der Waals surface area contributed by atoms with Crippen LogP contribution in [0.2, 0.25) is 0 Å². The van der Waals surface area contributed by atoms with Crippen molar-refractivity contribution in [1.29, 1.82) is 0 Å². The van der Waals surface area contributed by atoms with Crippen molar-refractivity contribution in [1.82, 2.24) is 5.48 Å². The molecule has 0 saturated heterocycles. The van der Waals surface area contributed by atoms with Gasteiger partial charge in [0.25, 0.3) is 0 Å². The zero-order valence-electron chi connectivity index (χ0n) is 6.76. The van der Waals surface area contributed by atoms with Crippen molar-refractivity contribution >= 4 is 0 Å². The Morgan fingerprint density at radius 3 is 2.50 bits per heavy atom. The lowest BCUT2D eigenvalue weighted by Gasteiger charge is -2.15. The molecule has 0 spiro atoms. The first-order valence-corrected chi connectivity index (χ1v) is 3.46. The summed E-state index contributed by atoms with van der Waals surface area (Å²) in [6, 6.07) is 0. The molecular weight excluding hydrogens is 132 g/mol. The van der Waals surface area contributed by atoms with E-state index in [0.29, 0.717) is 0 Å². The van der Waals surface area contributed by atoms with Crippen LogP contribution >= 0.6 is 0 Å². The Morgan fingerprint density at radius 2 is 2.10 bits per heavy atom. The van der Waals surface area contributed by atoms with Gasteiger partial charge in [0.2, 0.25) is 0 Å². The van der Waals surface area contributed by atoms with Crippen LogP contribution in [0.3, 0.4) is 0 Å². The van der Waals surface area contributed by atoms with E-state index in [1.165, 1.54) is 0 Å². The summed E-state index contributed by atoms with van der Waals surface area (Å²) >= 11 is 0. The van der Waals surface area contributed by atoms with Crippen LogP contribution in [0.4, 0.5) is 0 Å². The molecule has 2 atom stereocenters. The molecule has 10 heavy (non-hydrogen) atoms. The maximum absolute atomic E-state index is 5.34. The van der Waals surface area contributed by atoms with Crippen molar-refractivity contribution in [3.8, 4) is 0 Å². The lowest BCUT2D eigenvalue weighted by atomic mass is 10.6. The van der Waals surface area contributed by atoms with Gasteiger partial charge in [0.05, 0.1) is 0 Å². The lowest BCUT2D eigenvalue weighted by molar-refractivity contribution is -0.187. The summed E-state index contributed by atoms with van der Waals surface area (Å²) in [5, 5.41) is 0. The van der Waals surface area contributed by atoms with E-state index in [4.69, 9.17) is 15.3 Å². The van der Waals surface area contributed by atoms with Gasteiger partial charge in [-0.1, -0.05) is 6.92 Å². The third-order valence-corrected chi connectivity index (χ3v) is 0.800. The quantitative estimate of drug-likeness (QED) is 0.432. The van der Waals surface area contributed by atoms with Gasteiger partial charge < -0.3 is 10.5 Å². The molecule has 0 aromatic heterocycles. The number of ether oxygens (including phenoxy) is 1. The van der Waals surface area contributed by atoms with Gasteiger partial charge >= 0.3 is 0 Å². The molecule has 3 N–H and O–H groups in total. The van der Waals surface area contributed by atoms with Crippen LogP contribution in [0.15, 0.2) is 0 Å². The van der Waals surface area contributed by atoms with Crippen LogP contribution in [0.25, 0.3) is 0 Å². The Bertz CT molecular complexity index is 78.1. The minimum atomic E-state index is -0.292. The molecule has 0 radical (unpaired) electrons. The van der Waals surface area contributed by atoms with Crippen LogP contribution in [-0.4, -0.2) is 19.1 Å². The van der Waals surface area contributed by atoms with E-state index < -0.39 is 0 Å². The molecule has 0 aliphatic rings. The van der Waals surface area contributed by atoms with E-state index in [0.717, 1.165) is 6.54 Å². The topological polar surface area (TPSA) is 56.5 Å². The van der Waals surface area contributed by atoms with E-state index in [1.54, 1.807) is 13.8 Å². The van der Waals surface area contributed by atoms with E-state index in [-0.39, 0.29) is 12.5 Å². The molecule has 4 heteroatoms. The summed E-state index contributed by atoms with van der Waals surface area (Å²) in [6.07, 6.45) is -0.575. The molecule has 0 aromatic carbocycles. The summed E-state index contributed by atoms with van der Waals surface area (Å²) < 4.78 is 5.05. The van der Waals surface area contributed by atoms with Gasteiger partial charge in [-0.3, -0.25) is 4.84 Å². The zero-order valence-corrected chi connectivity index (χ0v) is 6.76. The summed E-state index contributed by atoms with van der Waals surface area (Å²) in [4.78, 5) is 4.95. The molecule has 0 aliphatic carbocycles. The van der Waals surface area contributed by atoms with E-state index >= 15 is 0 Å². The van der Waals surface area contributed by atoms with Gasteiger partial charge in [-0.05, 0) is 13.8 Å². The molecular formula is C6H16N2O2. The van der Waals surface area contributed by atoms with Crippen LogP contribution in [0.1, 0.15) is 20.8 Å². The second kappa shape index (κ2) is 5.61. The smallest absolute Gasteiger partial charge is 0.176 e. The molecule has 0 fully saturated rings. The third-order valence-electron chi connectivity index (χ3n) is 0.800. The Kier molecular flexibility index (Phi) is 5.52. The number of rotatable bonds is 5. The highest BCUT2D eigenvalue weighted by Crippen LogP contribution is 1.91. The average Bonchev–Trinajstić information content (AvgIpc) is 1.82. The van der Waals surface area contributed by atoms with Crippen molar-refractivity contribution in [2.75, 3.05) is 6.54 Å². The predicted octanol–water partition coefficient (Wildman–Crippen LogP) is 0.195. The fourth-order valence-electron chi connectivity index (χ4n) is 0.531. The van der Waals surface area contributed by atoms with Crippen molar-refractivity contribution in [3.05, 3.63) is 0 Å². The molecule has 0 heterocycles. The summed E-state index contributed by atoms with van der Waals surface area (Å²) in [5.41, 5.74) is 8.01. The molecule has 0 saturated carbocycles. The number of hydroxylamine groups is 1.